The summed E-state index contributed by atoms with van der Waals surface area (Å²) in [6, 6.07) is 11.1. The maximum atomic E-state index is 13.0. The van der Waals surface area contributed by atoms with E-state index in [-0.39, 0.29) is 23.1 Å². The molecular weight excluding hydrogens is 337 g/mol. The molecule has 26 heavy (non-hydrogen) atoms. The molecule has 6 nitrogen and oxygen atoms in total. The van der Waals surface area contributed by atoms with E-state index in [2.05, 4.69) is 19.9 Å². The van der Waals surface area contributed by atoms with Crippen molar-refractivity contribution in [3.8, 4) is 0 Å². The Labute approximate surface area is 151 Å². The van der Waals surface area contributed by atoms with Crippen LogP contribution in [0.1, 0.15) is 27.4 Å². The van der Waals surface area contributed by atoms with Crippen molar-refractivity contribution in [3.05, 3.63) is 59.7 Å². The standard InChI is InChI=1S/C19H20FN3O3/c1-26-19(25)17-4-2-3-16(22-17)18(24)21-11-13-9-10-23(12-13)15-7-5-14(20)6-8-15/h2-8,13H,9-12H2,1H3,(H,21,24). The molecule has 1 amide bonds. The third kappa shape index (κ3) is 4.17. The smallest absolute Gasteiger partial charge is 0.356 e. The largest absolute Gasteiger partial charge is 0.464 e. The fourth-order valence-electron chi connectivity index (χ4n) is 2.99. The van der Waals surface area contributed by atoms with Crippen LogP contribution >= 0.6 is 0 Å². The van der Waals surface area contributed by atoms with Crippen molar-refractivity contribution in [2.75, 3.05) is 31.6 Å². The fourth-order valence-corrected chi connectivity index (χ4v) is 2.99. The van der Waals surface area contributed by atoms with E-state index >= 15 is 0 Å². The van der Waals surface area contributed by atoms with Gasteiger partial charge in [-0.15, -0.1) is 0 Å². The monoisotopic (exact) mass is 357 g/mol. The number of hydrogen-bond acceptors (Lipinski definition) is 5. The SMILES string of the molecule is COC(=O)c1cccc(C(=O)NCC2CCN(c3ccc(F)cc3)C2)n1. The van der Waals surface area contributed by atoms with Gasteiger partial charge in [0.05, 0.1) is 7.11 Å². The Morgan fingerprint density at radius 3 is 2.69 bits per heavy atom. The molecule has 136 valence electrons. The van der Waals surface area contributed by atoms with Gasteiger partial charge in [0.15, 0.2) is 0 Å². The number of rotatable bonds is 5. The van der Waals surface area contributed by atoms with E-state index in [9.17, 15) is 14.0 Å². The molecule has 2 heterocycles. The molecule has 1 aromatic heterocycles. The number of amides is 1. The first-order chi connectivity index (χ1) is 12.6. The van der Waals surface area contributed by atoms with Crippen molar-refractivity contribution in [2.24, 2.45) is 5.92 Å². The van der Waals surface area contributed by atoms with Gasteiger partial charge in [0.2, 0.25) is 0 Å². The Kier molecular flexibility index (Phi) is 5.46. The van der Waals surface area contributed by atoms with Gasteiger partial charge in [-0.25, -0.2) is 14.2 Å². The number of carbonyl (C=O) groups excluding carboxylic acids is 2. The van der Waals surface area contributed by atoms with E-state index in [1.165, 1.54) is 25.3 Å². The summed E-state index contributed by atoms with van der Waals surface area (Å²) in [7, 11) is 1.27. The molecule has 0 bridgehead atoms. The second-order valence-corrected chi connectivity index (χ2v) is 6.19. The molecule has 0 radical (unpaired) electrons. The molecule has 1 N–H and O–H groups in total. The van der Waals surface area contributed by atoms with E-state index in [1.54, 1.807) is 24.3 Å². The van der Waals surface area contributed by atoms with E-state index < -0.39 is 5.97 Å². The van der Waals surface area contributed by atoms with E-state index in [4.69, 9.17) is 0 Å². The minimum atomic E-state index is -0.578. The normalized spacial score (nSPS) is 16.4. The highest BCUT2D eigenvalue weighted by Crippen LogP contribution is 2.23. The van der Waals surface area contributed by atoms with Crippen LogP contribution in [-0.4, -0.2) is 43.6 Å². The van der Waals surface area contributed by atoms with Gasteiger partial charge in [0.25, 0.3) is 5.91 Å². The first kappa shape index (κ1) is 17.8. The van der Waals surface area contributed by atoms with Crippen molar-refractivity contribution in [1.29, 1.82) is 0 Å². The van der Waals surface area contributed by atoms with Crippen molar-refractivity contribution in [1.82, 2.24) is 10.3 Å². The number of esters is 1. The first-order valence-corrected chi connectivity index (χ1v) is 8.41. The van der Waals surface area contributed by atoms with E-state index in [0.717, 1.165) is 25.2 Å². The van der Waals surface area contributed by atoms with Crippen molar-refractivity contribution >= 4 is 17.6 Å². The summed E-state index contributed by atoms with van der Waals surface area (Å²) in [6.45, 7) is 2.17. The third-order valence-corrected chi connectivity index (χ3v) is 4.41. The van der Waals surface area contributed by atoms with Gasteiger partial charge >= 0.3 is 5.97 Å². The van der Waals surface area contributed by atoms with Gasteiger partial charge in [-0.2, -0.15) is 0 Å². The van der Waals surface area contributed by atoms with Gasteiger partial charge < -0.3 is 15.0 Å². The minimum Gasteiger partial charge on any atom is -0.464 e. The number of ether oxygens (including phenoxy) is 1. The third-order valence-electron chi connectivity index (χ3n) is 4.41. The summed E-state index contributed by atoms with van der Waals surface area (Å²) >= 11 is 0. The molecule has 0 spiro atoms. The molecule has 1 aromatic carbocycles. The van der Waals surface area contributed by atoms with Crippen LogP contribution in [0.4, 0.5) is 10.1 Å². The topological polar surface area (TPSA) is 71.5 Å². The summed E-state index contributed by atoms with van der Waals surface area (Å²) in [5, 5.41) is 2.87. The summed E-state index contributed by atoms with van der Waals surface area (Å²) < 4.78 is 17.6. The molecule has 0 aliphatic carbocycles. The van der Waals surface area contributed by atoms with Crippen LogP contribution in [0.2, 0.25) is 0 Å². The van der Waals surface area contributed by atoms with Gasteiger partial charge in [-0.3, -0.25) is 4.79 Å². The lowest BCUT2D eigenvalue weighted by atomic mass is 10.1. The van der Waals surface area contributed by atoms with Crippen LogP contribution in [0.5, 0.6) is 0 Å². The maximum Gasteiger partial charge on any atom is 0.356 e. The number of nitrogens with zero attached hydrogens (tertiary/aromatic N) is 2. The quantitative estimate of drug-likeness (QED) is 0.831. The molecule has 7 heteroatoms. The second kappa shape index (κ2) is 7.95. The Balaban J connectivity index is 1.54. The maximum absolute atomic E-state index is 13.0. The number of halogens is 1. The van der Waals surface area contributed by atoms with E-state index in [1.807, 2.05) is 0 Å². The number of hydrogen-bond donors (Lipinski definition) is 1. The minimum absolute atomic E-state index is 0.100. The Bertz CT molecular complexity index is 795. The predicted molar refractivity (Wildman–Crippen MR) is 94.6 cm³/mol. The molecule has 0 saturated carbocycles. The van der Waals surface area contributed by atoms with Crippen LogP contribution in [0, 0.1) is 11.7 Å². The summed E-state index contributed by atoms with van der Waals surface area (Å²) in [6.07, 6.45) is 0.938. The lowest BCUT2D eigenvalue weighted by molar-refractivity contribution is 0.0594. The zero-order valence-electron chi connectivity index (χ0n) is 14.4. The molecular formula is C19H20FN3O3. The highest BCUT2D eigenvalue weighted by Gasteiger charge is 2.23. The zero-order chi connectivity index (χ0) is 18.5. The highest BCUT2D eigenvalue weighted by molar-refractivity contribution is 5.94. The molecule has 3 rings (SSSR count). The molecule has 1 unspecified atom stereocenters. The lowest BCUT2D eigenvalue weighted by Crippen LogP contribution is -2.31. The fraction of sp³-hybridized carbons (Fsp3) is 0.316. The highest BCUT2D eigenvalue weighted by atomic mass is 19.1. The number of pyridine rings is 1. The average Bonchev–Trinajstić information content (AvgIpc) is 3.15. The summed E-state index contributed by atoms with van der Waals surface area (Å²) in [5.74, 6) is -0.854. The van der Waals surface area contributed by atoms with Gasteiger partial charge in [0.1, 0.15) is 17.2 Å². The zero-order valence-corrected chi connectivity index (χ0v) is 14.4. The lowest BCUT2D eigenvalue weighted by Gasteiger charge is -2.18. The average molecular weight is 357 g/mol. The van der Waals surface area contributed by atoms with Crippen LogP contribution in [-0.2, 0) is 4.74 Å². The number of anilines is 1. The van der Waals surface area contributed by atoms with E-state index in [0.29, 0.717) is 12.5 Å². The number of benzene rings is 1. The van der Waals surface area contributed by atoms with Crippen molar-refractivity contribution < 1.29 is 18.7 Å². The van der Waals surface area contributed by atoms with Gasteiger partial charge in [-0.1, -0.05) is 6.07 Å². The second-order valence-electron chi connectivity index (χ2n) is 6.19. The Morgan fingerprint density at radius 2 is 1.96 bits per heavy atom. The number of aromatic nitrogens is 1. The Morgan fingerprint density at radius 1 is 1.23 bits per heavy atom. The predicted octanol–water partition coefficient (Wildman–Crippen LogP) is 2.26. The molecule has 1 fully saturated rings. The van der Waals surface area contributed by atoms with Crippen LogP contribution in [0.25, 0.3) is 0 Å². The van der Waals surface area contributed by atoms with Crippen molar-refractivity contribution in [2.45, 2.75) is 6.42 Å². The van der Waals surface area contributed by atoms with Gasteiger partial charge in [0, 0.05) is 25.3 Å². The van der Waals surface area contributed by atoms with Crippen LogP contribution in [0.15, 0.2) is 42.5 Å². The molecule has 1 atom stereocenters. The number of nitrogens with one attached hydrogen (secondary N) is 1. The van der Waals surface area contributed by atoms with Crippen LogP contribution in [0.3, 0.4) is 0 Å². The van der Waals surface area contributed by atoms with Gasteiger partial charge in [-0.05, 0) is 48.7 Å². The van der Waals surface area contributed by atoms with Crippen LogP contribution < -0.4 is 10.2 Å². The molecule has 2 aromatic rings. The number of carbonyl (C=O) groups is 2. The molecule has 1 aliphatic heterocycles. The summed E-state index contributed by atoms with van der Waals surface area (Å²) in [4.78, 5) is 30.0. The first-order valence-electron chi connectivity index (χ1n) is 8.41. The number of methoxy groups -OCH3 is 1. The molecule has 1 saturated heterocycles. The van der Waals surface area contributed by atoms with Crippen molar-refractivity contribution in [3.63, 3.8) is 0 Å². The molecule has 1 aliphatic rings. The summed E-state index contributed by atoms with van der Waals surface area (Å²) in [5.41, 5.74) is 1.26. The Hall–Kier alpha value is -2.96.